The van der Waals surface area contributed by atoms with Crippen LogP contribution >= 0.6 is 11.6 Å². The van der Waals surface area contributed by atoms with Crippen molar-refractivity contribution < 1.29 is 9.47 Å². The maximum atomic E-state index is 5.78. The second kappa shape index (κ2) is 7.91. The quantitative estimate of drug-likeness (QED) is 0.791. The SMILES string of the molecule is COc1ccc(CNCc2ccc(CCl)cc2)cc1OC. The lowest BCUT2D eigenvalue weighted by Gasteiger charge is -2.10. The lowest BCUT2D eigenvalue weighted by molar-refractivity contribution is 0.354. The Morgan fingerprint density at radius 2 is 1.38 bits per heavy atom. The maximum Gasteiger partial charge on any atom is 0.161 e. The molecule has 0 aliphatic rings. The summed E-state index contributed by atoms with van der Waals surface area (Å²) in [4.78, 5) is 0. The van der Waals surface area contributed by atoms with E-state index in [0.717, 1.165) is 35.7 Å². The summed E-state index contributed by atoms with van der Waals surface area (Å²) in [6.07, 6.45) is 0. The Labute approximate surface area is 130 Å². The second-order valence-electron chi connectivity index (χ2n) is 4.74. The fourth-order valence-corrected chi connectivity index (χ4v) is 2.27. The molecule has 21 heavy (non-hydrogen) atoms. The van der Waals surface area contributed by atoms with Crippen LogP contribution in [0.1, 0.15) is 16.7 Å². The van der Waals surface area contributed by atoms with Gasteiger partial charge in [-0.1, -0.05) is 30.3 Å². The summed E-state index contributed by atoms with van der Waals surface area (Å²) >= 11 is 5.78. The molecular weight excluding hydrogens is 286 g/mol. The first-order valence-corrected chi connectivity index (χ1v) is 7.35. The molecular formula is C17H20ClNO2. The maximum absolute atomic E-state index is 5.78. The Balaban J connectivity index is 1.90. The highest BCUT2D eigenvalue weighted by Crippen LogP contribution is 2.27. The molecule has 3 nitrogen and oxygen atoms in total. The van der Waals surface area contributed by atoms with Crippen molar-refractivity contribution >= 4 is 11.6 Å². The summed E-state index contributed by atoms with van der Waals surface area (Å²) < 4.78 is 10.5. The van der Waals surface area contributed by atoms with E-state index in [1.54, 1.807) is 14.2 Å². The fourth-order valence-electron chi connectivity index (χ4n) is 2.09. The molecule has 0 amide bonds. The summed E-state index contributed by atoms with van der Waals surface area (Å²) in [5, 5.41) is 3.41. The van der Waals surface area contributed by atoms with E-state index >= 15 is 0 Å². The van der Waals surface area contributed by atoms with Crippen LogP contribution in [0.4, 0.5) is 0 Å². The minimum Gasteiger partial charge on any atom is -0.493 e. The molecule has 1 N–H and O–H groups in total. The number of hydrogen-bond acceptors (Lipinski definition) is 3. The Morgan fingerprint density at radius 1 is 0.810 bits per heavy atom. The summed E-state index contributed by atoms with van der Waals surface area (Å²) in [5.41, 5.74) is 3.54. The van der Waals surface area contributed by atoms with Gasteiger partial charge < -0.3 is 14.8 Å². The highest BCUT2D eigenvalue weighted by atomic mass is 35.5. The van der Waals surface area contributed by atoms with E-state index in [1.165, 1.54) is 5.56 Å². The van der Waals surface area contributed by atoms with Crippen LogP contribution in [0.5, 0.6) is 11.5 Å². The molecule has 2 rings (SSSR count). The van der Waals surface area contributed by atoms with Crippen LogP contribution in [-0.2, 0) is 19.0 Å². The van der Waals surface area contributed by atoms with Gasteiger partial charge >= 0.3 is 0 Å². The van der Waals surface area contributed by atoms with Crippen LogP contribution in [0.2, 0.25) is 0 Å². The number of halogens is 1. The molecule has 0 saturated heterocycles. The summed E-state index contributed by atoms with van der Waals surface area (Å²) in [6.45, 7) is 1.59. The molecule has 0 aromatic heterocycles. The standard InChI is InChI=1S/C17H20ClNO2/c1-20-16-8-7-15(9-17(16)21-2)12-19-11-14-5-3-13(10-18)4-6-14/h3-9,19H,10-12H2,1-2H3. The van der Waals surface area contributed by atoms with Crippen molar-refractivity contribution in [3.63, 3.8) is 0 Å². The highest BCUT2D eigenvalue weighted by Gasteiger charge is 2.04. The summed E-state index contributed by atoms with van der Waals surface area (Å²) in [7, 11) is 3.29. The lowest BCUT2D eigenvalue weighted by atomic mass is 10.1. The van der Waals surface area contributed by atoms with Gasteiger partial charge in [0.2, 0.25) is 0 Å². The van der Waals surface area contributed by atoms with Crippen molar-refractivity contribution in [2.45, 2.75) is 19.0 Å². The van der Waals surface area contributed by atoms with Crippen LogP contribution < -0.4 is 14.8 Å². The zero-order valence-electron chi connectivity index (χ0n) is 12.4. The van der Waals surface area contributed by atoms with Crippen LogP contribution in [0.15, 0.2) is 42.5 Å². The average Bonchev–Trinajstić information content (AvgIpc) is 2.55. The Kier molecular flexibility index (Phi) is 5.90. The topological polar surface area (TPSA) is 30.5 Å². The first kappa shape index (κ1) is 15.7. The van der Waals surface area contributed by atoms with E-state index in [9.17, 15) is 0 Å². The monoisotopic (exact) mass is 305 g/mol. The average molecular weight is 306 g/mol. The van der Waals surface area contributed by atoms with Gasteiger partial charge in [0.15, 0.2) is 11.5 Å². The number of ether oxygens (including phenoxy) is 2. The molecule has 2 aromatic carbocycles. The van der Waals surface area contributed by atoms with Gasteiger partial charge in [0, 0.05) is 19.0 Å². The Hall–Kier alpha value is -1.71. The minimum absolute atomic E-state index is 0.555. The molecule has 0 bridgehead atoms. The second-order valence-corrected chi connectivity index (χ2v) is 5.01. The summed E-state index contributed by atoms with van der Waals surface area (Å²) in [5.74, 6) is 2.06. The molecule has 0 radical (unpaired) electrons. The van der Waals surface area contributed by atoms with E-state index in [0.29, 0.717) is 5.88 Å². The zero-order chi connectivity index (χ0) is 15.1. The molecule has 0 saturated carbocycles. The van der Waals surface area contributed by atoms with Gasteiger partial charge in [-0.15, -0.1) is 11.6 Å². The van der Waals surface area contributed by atoms with Crippen LogP contribution in [-0.4, -0.2) is 14.2 Å². The lowest BCUT2D eigenvalue weighted by Crippen LogP contribution is -2.12. The predicted octanol–water partition coefficient (Wildman–Crippen LogP) is 3.73. The van der Waals surface area contributed by atoms with Crippen molar-refractivity contribution in [3.05, 3.63) is 59.2 Å². The molecule has 2 aromatic rings. The van der Waals surface area contributed by atoms with Crippen molar-refractivity contribution in [2.24, 2.45) is 0 Å². The molecule has 0 fully saturated rings. The summed E-state index contributed by atoms with van der Waals surface area (Å²) in [6, 6.07) is 14.2. The normalized spacial score (nSPS) is 10.4. The predicted molar refractivity (Wildman–Crippen MR) is 86.1 cm³/mol. The molecule has 112 valence electrons. The van der Waals surface area contributed by atoms with Gasteiger partial charge in [-0.25, -0.2) is 0 Å². The van der Waals surface area contributed by atoms with Gasteiger partial charge in [-0.3, -0.25) is 0 Å². The first-order chi connectivity index (χ1) is 10.3. The molecule has 0 spiro atoms. The molecule has 4 heteroatoms. The molecule has 0 unspecified atom stereocenters. The largest absolute Gasteiger partial charge is 0.493 e. The third kappa shape index (κ3) is 4.38. The smallest absolute Gasteiger partial charge is 0.161 e. The number of alkyl halides is 1. The van der Waals surface area contributed by atoms with E-state index in [-0.39, 0.29) is 0 Å². The number of rotatable bonds is 7. The number of methoxy groups -OCH3 is 2. The van der Waals surface area contributed by atoms with Gasteiger partial charge in [-0.2, -0.15) is 0 Å². The van der Waals surface area contributed by atoms with Crippen molar-refractivity contribution in [1.29, 1.82) is 0 Å². The Morgan fingerprint density at radius 3 is 2.00 bits per heavy atom. The Bertz CT molecular complexity index is 570. The molecule has 0 aliphatic carbocycles. The van der Waals surface area contributed by atoms with E-state index in [1.807, 2.05) is 18.2 Å². The third-order valence-electron chi connectivity index (χ3n) is 3.28. The zero-order valence-corrected chi connectivity index (χ0v) is 13.1. The van der Waals surface area contributed by atoms with Gasteiger partial charge in [0.1, 0.15) is 0 Å². The van der Waals surface area contributed by atoms with Crippen LogP contribution in [0.25, 0.3) is 0 Å². The first-order valence-electron chi connectivity index (χ1n) is 6.82. The molecule has 0 aliphatic heterocycles. The third-order valence-corrected chi connectivity index (χ3v) is 3.59. The molecule has 0 heterocycles. The van der Waals surface area contributed by atoms with Crippen molar-refractivity contribution in [2.75, 3.05) is 14.2 Å². The number of nitrogens with one attached hydrogen (secondary N) is 1. The highest BCUT2D eigenvalue weighted by molar-refractivity contribution is 6.17. The fraction of sp³-hybridized carbons (Fsp3) is 0.294. The van der Waals surface area contributed by atoms with E-state index in [2.05, 4.69) is 29.6 Å². The van der Waals surface area contributed by atoms with Gasteiger partial charge in [-0.05, 0) is 28.8 Å². The van der Waals surface area contributed by atoms with Gasteiger partial charge in [0.05, 0.1) is 14.2 Å². The van der Waals surface area contributed by atoms with Crippen LogP contribution in [0.3, 0.4) is 0 Å². The van der Waals surface area contributed by atoms with Crippen molar-refractivity contribution in [3.8, 4) is 11.5 Å². The van der Waals surface area contributed by atoms with E-state index in [4.69, 9.17) is 21.1 Å². The van der Waals surface area contributed by atoms with Crippen molar-refractivity contribution in [1.82, 2.24) is 5.32 Å². The molecule has 0 atom stereocenters. The van der Waals surface area contributed by atoms with Crippen LogP contribution in [0, 0.1) is 0 Å². The number of benzene rings is 2. The minimum atomic E-state index is 0.555. The van der Waals surface area contributed by atoms with E-state index < -0.39 is 0 Å². The van der Waals surface area contributed by atoms with Gasteiger partial charge in [0.25, 0.3) is 0 Å². The number of hydrogen-bond donors (Lipinski definition) is 1.